The van der Waals surface area contributed by atoms with Gasteiger partial charge in [0.1, 0.15) is 0 Å². The van der Waals surface area contributed by atoms with Gasteiger partial charge in [0.05, 0.1) is 28.3 Å². The van der Waals surface area contributed by atoms with Crippen molar-refractivity contribution in [1.29, 1.82) is 5.26 Å². The Hall–Kier alpha value is -5.50. The highest BCUT2D eigenvalue weighted by atomic mass is 16.5. The first-order chi connectivity index (χ1) is 18.1. The van der Waals surface area contributed by atoms with Crippen LogP contribution in [0.3, 0.4) is 0 Å². The first-order valence-corrected chi connectivity index (χ1v) is 11.3. The number of carboxylic acid groups (broad SMARTS) is 1. The van der Waals surface area contributed by atoms with Crippen molar-refractivity contribution in [2.24, 2.45) is 0 Å². The Morgan fingerprint density at radius 1 is 0.947 bits per heavy atom. The summed E-state index contributed by atoms with van der Waals surface area (Å²) < 4.78 is 5.41. The summed E-state index contributed by atoms with van der Waals surface area (Å²) in [6, 6.07) is 14.0. The molecule has 0 atom stereocenters. The van der Waals surface area contributed by atoms with Crippen LogP contribution in [-0.2, 0) is 4.79 Å². The molecule has 4 aromatic rings. The number of aromatic carboxylic acids is 1. The third-order valence-electron chi connectivity index (χ3n) is 5.76. The molecule has 4 rings (SSSR count). The van der Waals surface area contributed by atoms with Crippen LogP contribution in [0.1, 0.15) is 49.3 Å². The normalized spacial score (nSPS) is 10.5. The Bertz CT molecular complexity index is 1680. The number of nitrogens with one attached hydrogen (secondary N) is 3. The summed E-state index contributed by atoms with van der Waals surface area (Å²) in [6.45, 7) is 3.23. The minimum absolute atomic E-state index is 0.0318. The van der Waals surface area contributed by atoms with E-state index in [4.69, 9.17) is 9.78 Å². The topological polar surface area (TPSA) is 174 Å². The first kappa shape index (κ1) is 25.6. The van der Waals surface area contributed by atoms with Crippen molar-refractivity contribution in [2.75, 3.05) is 17.7 Å². The zero-order chi connectivity index (χ0) is 27.6. The van der Waals surface area contributed by atoms with Crippen LogP contribution in [0.25, 0.3) is 22.1 Å². The number of carboxylic acids is 1. The van der Waals surface area contributed by atoms with Gasteiger partial charge in [-0.05, 0) is 66.1 Å². The number of benzene rings is 3. The molecule has 0 unspecified atom stereocenters. The molecule has 3 amide bonds. The van der Waals surface area contributed by atoms with Gasteiger partial charge in [-0.2, -0.15) is 5.26 Å². The van der Waals surface area contributed by atoms with Crippen molar-refractivity contribution < 1.29 is 28.8 Å². The molecule has 1 aromatic heterocycles. The molecule has 3 aromatic carbocycles. The van der Waals surface area contributed by atoms with Crippen LogP contribution in [0.4, 0.5) is 11.4 Å². The van der Waals surface area contributed by atoms with E-state index in [1.807, 2.05) is 13.0 Å². The van der Waals surface area contributed by atoms with Gasteiger partial charge in [-0.25, -0.2) is 4.79 Å². The summed E-state index contributed by atoms with van der Waals surface area (Å²) >= 11 is 0. The molecule has 0 bridgehead atoms. The summed E-state index contributed by atoms with van der Waals surface area (Å²) in [7, 11) is 1.47. The molecular formula is C27H21N5O6. The van der Waals surface area contributed by atoms with E-state index in [1.54, 1.807) is 24.3 Å². The molecule has 11 heteroatoms. The number of hydrogen-bond donors (Lipinski definition) is 4. The quantitative estimate of drug-likeness (QED) is 0.301. The van der Waals surface area contributed by atoms with Crippen LogP contribution < -0.4 is 16.0 Å². The van der Waals surface area contributed by atoms with Gasteiger partial charge >= 0.3 is 5.97 Å². The van der Waals surface area contributed by atoms with Crippen LogP contribution in [0, 0.1) is 18.3 Å². The molecule has 0 spiro atoms. The average Bonchev–Trinajstić information content (AvgIpc) is 3.30. The number of carbonyl (C=O) groups excluding carboxylic acids is 3. The van der Waals surface area contributed by atoms with Gasteiger partial charge in [-0.15, -0.1) is 0 Å². The Labute approximate surface area is 216 Å². The smallest absolute Gasteiger partial charge is 0.337 e. The van der Waals surface area contributed by atoms with Gasteiger partial charge in [0.25, 0.3) is 11.8 Å². The molecular weight excluding hydrogens is 490 g/mol. The fraction of sp³-hybridized carbons (Fsp3) is 0.111. The molecule has 0 aliphatic rings. The van der Waals surface area contributed by atoms with Crippen LogP contribution in [0.15, 0.2) is 53.1 Å². The number of amides is 3. The lowest BCUT2D eigenvalue weighted by molar-refractivity contribution is -0.114. The number of nitrogens with zero attached hydrogens (tertiary/aromatic N) is 2. The molecule has 0 fully saturated rings. The minimum Gasteiger partial charge on any atom is -0.478 e. The Morgan fingerprint density at radius 2 is 1.71 bits per heavy atom. The number of nitriles is 1. The van der Waals surface area contributed by atoms with Crippen molar-refractivity contribution >= 4 is 46.0 Å². The second kappa shape index (κ2) is 10.2. The van der Waals surface area contributed by atoms with Crippen molar-refractivity contribution in [3.63, 3.8) is 0 Å². The lowest BCUT2D eigenvalue weighted by Crippen LogP contribution is -2.19. The highest BCUT2D eigenvalue weighted by molar-refractivity contribution is 6.14. The van der Waals surface area contributed by atoms with E-state index in [2.05, 4.69) is 21.1 Å². The van der Waals surface area contributed by atoms with Gasteiger partial charge < -0.3 is 25.6 Å². The largest absolute Gasteiger partial charge is 0.478 e. The van der Waals surface area contributed by atoms with Crippen molar-refractivity contribution in [3.05, 3.63) is 76.5 Å². The second-order valence-electron chi connectivity index (χ2n) is 8.35. The van der Waals surface area contributed by atoms with Gasteiger partial charge in [0, 0.05) is 25.2 Å². The zero-order valence-electron chi connectivity index (χ0n) is 20.5. The SMILES string of the molecule is CNC(=O)c1cc2c(C(=O)Nc3ccc(C#N)cc3C(=O)O)noc2cc1-c1ccc(NC(C)=O)cc1C. The molecule has 1 heterocycles. The van der Waals surface area contributed by atoms with E-state index in [1.165, 1.54) is 32.2 Å². The third kappa shape index (κ3) is 4.91. The van der Waals surface area contributed by atoms with Gasteiger partial charge in [0.15, 0.2) is 11.3 Å². The van der Waals surface area contributed by atoms with Crippen LogP contribution in [0.5, 0.6) is 0 Å². The van der Waals surface area contributed by atoms with Crippen LogP contribution in [-0.4, -0.2) is 41.0 Å². The Balaban J connectivity index is 1.78. The highest BCUT2D eigenvalue weighted by Crippen LogP contribution is 2.34. The van der Waals surface area contributed by atoms with E-state index >= 15 is 0 Å². The molecule has 0 radical (unpaired) electrons. The van der Waals surface area contributed by atoms with Gasteiger partial charge in [-0.3, -0.25) is 14.4 Å². The highest BCUT2D eigenvalue weighted by Gasteiger charge is 2.23. The van der Waals surface area contributed by atoms with Crippen LogP contribution in [0.2, 0.25) is 0 Å². The fourth-order valence-corrected chi connectivity index (χ4v) is 4.02. The number of aryl methyl sites for hydroxylation is 1. The molecule has 0 saturated heterocycles. The number of anilines is 2. The van der Waals surface area contributed by atoms with E-state index in [9.17, 15) is 24.3 Å². The van der Waals surface area contributed by atoms with E-state index < -0.39 is 17.8 Å². The Morgan fingerprint density at radius 3 is 2.34 bits per heavy atom. The molecule has 0 saturated carbocycles. The van der Waals surface area contributed by atoms with E-state index in [-0.39, 0.29) is 44.9 Å². The molecule has 0 aliphatic heterocycles. The standard InChI is InChI=1S/C27H21N5O6/c1-13-8-16(30-14(2)33)5-6-17(13)18-11-23-21(10-19(18)25(34)29-3)24(32-38-23)26(35)31-22-7-4-15(12-28)9-20(22)27(36)37/h4-11H,1-3H3,(H,29,34)(H,30,33)(H,31,35)(H,36,37). The maximum absolute atomic E-state index is 13.1. The summed E-state index contributed by atoms with van der Waals surface area (Å²) in [5.41, 5.74) is 2.73. The monoisotopic (exact) mass is 511 g/mol. The first-order valence-electron chi connectivity index (χ1n) is 11.3. The van der Waals surface area contributed by atoms with Crippen molar-refractivity contribution in [2.45, 2.75) is 13.8 Å². The maximum Gasteiger partial charge on any atom is 0.337 e. The second-order valence-corrected chi connectivity index (χ2v) is 8.35. The summed E-state index contributed by atoms with van der Waals surface area (Å²) in [4.78, 5) is 49.0. The molecule has 0 aliphatic carbocycles. The average molecular weight is 511 g/mol. The lowest BCUT2D eigenvalue weighted by Gasteiger charge is -2.13. The van der Waals surface area contributed by atoms with Gasteiger partial charge in [0.2, 0.25) is 5.91 Å². The number of aromatic nitrogens is 1. The van der Waals surface area contributed by atoms with Crippen molar-refractivity contribution in [1.82, 2.24) is 10.5 Å². The number of hydrogen-bond acceptors (Lipinski definition) is 7. The fourth-order valence-electron chi connectivity index (χ4n) is 4.02. The number of rotatable bonds is 6. The number of fused-ring (bicyclic) bond motifs is 1. The van der Waals surface area contributed by atoms with Gasteiger partial charge in [-0.1, -0.05) is 11.2 Å². The maximum atomic E-state index is 13.1. The predicted molar refractivity (Wildman–Crippen MR) is 138 cm³/mol. The Kier molecular flexibility index (Phi) is 6.89. The van der Waals surface area contributed by atoms with E-state index in [0.29, 0.717) is 16.8 Å². The predicted octanol–water partition coefficient (Wildman–Crippen LogP) is 3.94. The summed E-state index contributed by atoms with van der Waals surface area (Å²) in [5, 5.41) is 30.4. The third-order valence-corrected chi connectivity index (χ3v) is 5.76. The zero-order valence-corrected chi connectivity index (χ0v) is 20.5. The summed E-state index contributed by atoms with van der Waals surface area (Å²) in [6.07, 6.45) is 0. The van der Waals surface area contributed by atoms with Crippen LogP contribution >= 0.6 is 0 Å². The van der Waals surface area contributed by atoms with E-state index in [0.717, 1.165) is 11.6 Å². The molecule has 11 nitrogen and oxygen atoms in total. The molecule has 190 valence electrons. The minimum atomic E-state index is -1.33. The number of carbonyl (C=O) groups is 4. The molecule has 4 N–H and O–H groups in total. The lowest BCUT2D eigenvalue weighted by atomic mass is 9.93. The summed E-state index contributed by atoms with van der Waals surface area (Å²) in [5.74, 6) is -2.72. The molecule has 38 heavy (non-hydrogen) atoms. The van der Waals surface area contributed by atoms with Crippen molar-refractivity contribution in [3.8, 4) is 17.2 Å².